The van der Waals surface area contributed by atoms with Crippen molar-refractivity contribution in [3.8, 4) is 0 Å². The minimum atomic E-state index is -0.144. The number of hydrogen-bond donors (Lipinski definition) is 1. The van der Waals surface area contributed by atoms with Gasteiger partial charge in [0, 0.05) is 25.3 Å². The molecule has 104 valence electrons. The number of nitrogen functional groups attached to an aromatic ring is 1. The van der Waals surface area contributed by atoms with Crippen LogP contribution in [0.2, 0.25) is 0 Å². The summed E-state index contributed by atoms with van der Waals surface area (Å²) in [6.45, 7) is 2.08. The first-order valence-corrected chi connectivity index (χ1v) is 6.82. The van der Waals surface area contributed by atoms with Gasteiger partial charge >= 0.3 is 5.97 Å². The Kier molecular flexibility index (Phi) is 5.21. The van der Waals surface area contributed by atoms with Gasteiger partial charge in [0.05, 0.1) is 6.61 Å². The second kappa shape index (κ2) is 7.14. The van der Waals surface area contributed by atoms with Gasteiger partial charge in [-0.1, -0.05) is 18.2 Å². The van der Waals surface area contributed by atoms with Crippen molar-refractivity contribution in [3.63, 3.8) is 0 Å². The van der Waals surface area contributed by atoms with Crippen molar-refractivity contribution in [1.82, 2.24) is 0 Å². The lowest BCUT2D eigenvalue weighted by Crippen LogP contribution is -2.22. The first kappa shape index (κ1) is 13.9. The minimum absolute atomic E-state index is 0.144. The van der Waals surface area contributed by atoms with Gasteiger partial charge in [-0.15, -0.1) is 0 Å². The van der Waals surface area contributed by atoms with Crippen LogP contribution in [-0.4, -0.2) is 25.8 Å². The van der Waals surface area contributed by atoms with Gasteiger partial charge in [0.25, 0.3) is 0 Å². The zero-order valence-corrected chi connectivity index (χ0v) is 11.1. The van der Waals surface area contributed by atoms with Crippen molar-refractivity contribution >= 4 is 11.7 Å². The Balaban J connectivity index is 1.68. The lowest BCUT2D eigenvalue weighted by atomic mass is 10.0. The van der Waals surface area contributed by atoms with E-state index in [2.05, 4.69) is 0 Å². The lowest BCUT2D eigenvalue weighted by Gasteiger charge is -2.21. The molecule has 0 radical (unpaired) electrons. The third kappa shape index (κ3) is 4.56. The molecule has 0 atom stereocenters. The summed E-state index contributed by atoms with van der Waals surface area (Å²) in [5.74, 6) is 0.314. The van der Waals surface area contributed by atoms with Crippen LogP contribution in [0, 0.1) is 5.92 Å². The fourth-order valence-electron chi connectivity index (χ4n) is 2.19. The van der Waals surface area contributed by atoms with Crippen molar-refractivity contribution in [2.24, 2.45) is 5.92 Å². The molecule has 4 heteroatoms. The lowest BCUT2D eigenvalue weighted by molar-refractivity contribution is -0.145. The van der Waals surface area contributed by atoms with E-state index in [9.17, 15) is 4.79 Å². The molecule has 0 amide bonds. The number of rotatable bonds is 5. The SMILES string of the molecule is Nc1ccccc1CCC(=O)OCC1CCOCC1. The molecule has 1 aliphatic rings. The molecule has 2 N–H and O–H groups in total. The maximum atomic E-state index is 11.7. The monoisotopic (exact) mass is 263 g/mol. The molecule has 1 aromatic rings. The predicted molar refractivity (Wildman–Crippen MR) is 73.7 cm³/mol. The van der Waals surface area contributed by atoms with Gasteiger partial charge in [-0.25, -0.2) is 0 Å². The number of benzene rings is 1. The Labute approximate surface area is 113 Å². The normalized spacial score (nSPS) is 16.2. The van der Waals surface area contributed by atoms with Crippen LogP contribution in [0.4, 0.5) is 5.69 Å². The van der Waals surface area contributed by atoms with E-state index in [-0.39, 0.29) is 5.97 Å². The first-order valence-electron chi connectivity index (χ1n) is 6.82. The maximum absolute atomic E-state index is 11.7. The molecule has 1 heterocycles. The predicted octanol–water partition coefficient (Wildman–Crippen LogP) is 2.17. The van der Waals surface area contributed by atoms with E-state index >= 15 is 0 Å². The van der Waals surface area contributed by atoms with E-state index < -0.39 is 0 Å². The van der Waals surface area contributed by atoms with Crippen LogP contribution in [0.1, 0.15) is 24.8 Å². The third-order valence-corrected chi connectivity index (χ3v) is 3.47. The van der Waals surface area contributed by atoms with Gasteiger partial charge in [0.1, 0.15) is 0 Å². The summed E-state index contributed by atoms with van der Waals surface area (Å²) in [5, 5.41) is 0. The summed E-state index contributed by atoms with van der Waals surface area (Å²) in [5.41, 5.74) is 7.57. The van der Waals surface area contributed by atoms with Crippen molar-refractivity contribution in [2.45, 2.75) is 25.7 Å². The highest BCUT2D eigenvalue weighted by atomic mass is 16.5. The van der Waals surface area contributed by atoms with Crippen LogP contribution in [0.25, 0.3) is 0 Å². The van der Waals surface area contributed by atoms with Crippen LogP contribution in [0.3, 0.4) is 0 Å². The molecular weight excluding hydrogens is 242 g/mol. The van der Waals surface area contributed by atoms with E-state index in [1.165, 1.54) is 0 Å². The number of esters is 1. The number of anilines is 1. The van der Waals surface area contributed by atoms with Gasteiger partial charge in [-0.2, -0.15) is 0 Å². The van der Waals surface area contributed by atoms with Gasteiger partial charge < -0.3 is 15.2 Å². The second-order valence-electron chi connectivity index (χ2n) is 4.94. The van der Waals surface area contributed by atoms with E-state index in [1.807, 2.05) is 24.3 Å². The number of aryl methyl sites for hydroxylation is 1. The Morgan fingerprint density at radius 2 is 2.05 bits per heavy atom. The highest BCUT2D eigenvalue weighted by Crippen LogP contribution is 2.16. The second-order valence-corrected chi connectivity index (χ2v) is 4.94. The molecule has 4 nitrogen and oxygen atoms in total. The number of carbonyl (C=O) groups excluding carboxylic acids is 1. The summed E-state index contributed by atoms with van der Waals surface area (Å²) >= 11 is 0. The molecule has 0 saturated carbocycles. The van der Waals surface area contributed by atoms with Crippen LogP contribution < -0.4 is 5.73 Å². The minimum Gasteiger partial charge on any atom is -0.465 e. The Bertz CT molecular complexity index is 414. The molecule has 0 unspecified atom stereocenters. The standard InChI is InChI=1S/C15H21NO3/c16-14-4-2-1-3-13(14)5-6-15(17)19-11-12-7-9-18-10-8-12/h1-4,12H,5-11,16H2. The quantitative estimate of drug-likeness (QED) is 0.653. The van der Waals surface area contributed by atoms with Crippen LogP contribution >= 0.6 is 0 Å². The number of carbonyl (C=O) groups is 1. The molecule has 0 spiro atoms. The first-order chi connectivity index (χ1) is 9.25. The molecule has 1 aromatic carbocycles. The Morgan fingerprint density at radius 3 is 2.79 bits per heavy atom. The summed E-state index contributed by atoms with van der Waals surface area (Å²) in [6.07, 6.45) is 2.99. The highest BCUT2D eigenvalue weighted by molar-refractivity contribution is 5.70. The average molecular weight is 263 g/mol. The number of hydrogen-bond acceptors (Lipinski definition) is 4. The molecule has 1 fully saturated rings. The molecule has 0 aromatic heterocycles. The van der Waals surface area contributed by atoms with Gasteiger partial charge in [0.15, 0.2) is 0 Å². The molecule has 0 aliphatic carbocycles. The van der Waals surface area contributed by atoms with Gasteiger partial charge in [-0.05, 0) is 36.8 Å². The van der Waals surface area contributed by atoms with E-state index in [1.54, 1.807) is 0 Å². The third-order valence-electron chi connectivity index (χ3n) is 3.47. The maximum Gasteiger partial charge on any atom is 0.306 e. The average Bonchev–Trinajstić information content (AvgIpc) is 2.45. The summed E-state index contributed by atoms with van der Waals surface area (Å²) < 4.78 is 10.6. The number of para-hydroxylation sites is 1. The summed E-state index contributed by atoms with van der Waals surface area (Å²) in [6, 6.07) is 7.62. The smallest absolute Gasteiger partial charge is 0.306 e. The van der Waals surface area contributed by atoms with E-state index in [0.29, 0.717) is 25.4 Å². The Morgan fingerprint density at radius 1 is 1.32 bits per heavy atom. The molecular formula is C15H21NO3. The molecule has 2 rings (SSSR count). The zero-order valence-electron chi connectivity index (χ0n) is 11.1. The van der Waals surface area contributed by atoms with E-state index in [0.717, 1.165) is 37.3 Å². The fraction of sp³-hybridized carbons (Fsp3) is 0.533. The van der Waals surface area contributed by atoms with Crippen LogP contribution in [0.5, 0.6) is 0 Å². The van der Waals surface area contributed by atoms with Crippen LogP contribution in [-0.2, 0) is 20.7 Å². The van der Waals surface area contributed by atoms with Gasteiger partial charge in [-0.3, -0.25) is 4.79 Å². The van der Waals surface area contributed by atoms with E-state index in [4.69, 9.17) is 15.2 Å². The molecule has 1 aliphatic heterocycles. The highest BCUT2D eigenvalue weighted by Gasteiger charge is 2.15. The number of ether oxygens (including phenoxy) is 2. The van der Waals surface area contributed by atoms with Crippen molar-refractivity contribution in [3.05, 3.63) is 29.8 Å². The topological polar surface area (TPSA) is 61.6 Å². The molecule has 19 heavy (non-hydrogen) atoms. The molecule has 0 bridgehead atoms. The van der Waals surface area contributed by atoms with Crippen LogP contribution in [0.15, 0.2) is 24.3 Å². The fourth-order valence-corrected chi connectivity index (χ4v) is 2.19. The Hall–Kier alpha value is -1.55. The van der Waals surface area contributed by atoms with Crippen molar-refractivity contribution < 1.29 is 14.3 Å². The zero-order chi connectivity index (χ0) is 13.5. The molecule has 1 saturated heterocycles. The summed E-state index contributed by atoms with van der Waals surface area (Å²) in [4.78, 5) is 11.7. The van der Waals surface area contributed by atoms with Gasteiger partial charge in [0.2, 0.25) is 0 Å². The van der Waals surface area contributed by atoms with Crippen molar-refractivity contribution in [2.75, 3.05) is 25.6 Å². The van der Waals surface area contributed by atoms with Crippen molar-refractivity contribution in [1.29, 1.82) is 0 Å². The number of nitrogens with two attached hydrogens (primary N) is 1. The largest absolute Gasteiger partial charge is 0.465 e. The summed E-state index contributed by atoms with van der Waals surface area (Å²) in [7, 11) is 0.